The number of nitrogens with zero attached hydrogens (tertiary/aromatic N) is 2. The van der Waals surface area contributed by atoms with Gasteiger partial charge in [-0.2, -0.15) is 4.68 Å². The van der Waals surface area contributed by atoms with E-state index in [4.69, 9.17) is 25.8 Å². The molecule has 32 heavy (non-hydrogen) atoms. The Morgan fingerprint density at radius 3 is 2.34 bits per heavy atom. The minimum Gasteiger partial charge on any atom is -0.493 e. The highest BCUT2D eigenvalue weighted by Gasteiger charge is 2.14. The monoisotopic (exact) mass is 469 g/mol. The molecule has 0 amide bonds. The maximum Gasteiger partial charge on any atom is 0.281 e. The molecule has 0 aliphatic rings. The van der Waals surface area contributed by atoms with E-state index < -0.39 is 0 Å². The van der Waals surface area contributed by atoms with Crippen molar-refractivity contribution in [3.63, 3.8) is 0 Å². The Morgan fingerprint density at radius 1 is 1.09 bits per heavy atom. The number of ether oxygens (including phenoxy) is 3. The molecule has 4 aromatic rings. The van der Waals surface area contributed by atoms with Gasteiger partial charge in [0.2, 0.25) is 10.9 Å². The second kappa shape index (κ2) is 8.94. The first-order valence-electron chi connectivity index (χ1n) is 9.48. The first-order valence-corrected chi connectivity index (χ1v) is 10.7. The predicted octanol–water partition coefficient (Wildman–Crippen LogP) is 3.21. The van der Waals surface area contributed by atoms with Crippen molar-refractivity contribution in [2.75, 3.05) is 21.3 Å². The summed E-state index contributed by atoms with van der Waals surface area (Å²) in [4.78, 5) is 17.7. The first-order chi connectivity index (χ1) is 15.4. The number of hydrogen-bond donors (Lipinski definition) is 1. The molecular weight excluding hydrogens is 450 g/mol. The molecule has 0 radical (unpaired) electrons. The van der Waals surface area contributed by atoms with Gasteiger partial charge in [-0.05, 0) is 35.9 Å². The highest BCUT2D eigenvalue weighted by atomic mass is 35.5. The minimum atomic E-state index is -0.263. The Bertz CT molecular complexity index is 1410. The van der Waals surface area contributed by atoms with Crippen molar-refractivity contribution in [1.82, 2.24) is 14.8 Å². The molecule has 0 unspecified atom stereocenters. The van der Waals surface area contributed by atoms with Crippen molar-refractivity contribution < 1.29 is 14.2 Å². The zero-order valence-electron chi connectivity index (χ0n) is 17.6. The zero-order chi connectivity index (χ0) is 22.8. The summed E-state index contributed by atoms with van der Waals surface area (Å²) >= 11 is 7.31. The molecule has 0 spiro atoms. The maximum absolute atomic E-state index is 13.1. The van der Waals surface area contributed by atoms with Gasteiger partial charge in [-0.3, -0.25) is 9.89 Å². The van der Waals surface area contributed by atoms with Gasteiger partial charge in [-0.15, -0.1) is 11.3 Å². The summed E-state index contributed by atoms with van der Waals surface area (Å²) in [6.45, 7) is 3.98. The number of aromatic amines is 1. The molecule has 7 nitrogen and oxygen atoms in total. The van der Waals surface area contributed by atoms with Gasteiger partial charge in [0.25, 0.3) is 5.56 Å². The molecule has 9 heteroatoms. The van der Waals surface area contributed by atoms with Crippen LogP contribution in [0.3, 0.4) is 0 Å². The fraction of sp³-hybridized carbons (Fsp3) is 0.130. The third-order valence-electron chi connectivity index (χ3n) is 4.83. The van der Waals surface area contributed by atoms with Gasteiger partial charge in [0.05, 0.1) is 37.6 Å². The average Bonchev–Trinajstić information content (AvgIpc) is 3.39. The van der Waals surface area contributed by atoms with Crippen LogP contribution in [0.1, 0.15) is 5.56 Å². The smallest absolute Gasteiger partial charge is 0.281 e. The van der Waals surface area contributed by atoms with Gasteiger partial charge in [-0.25, -0.2) is 4.98 Å². The van der Waals surface area contributed by atoms with E-state index in [1.165, 1.54) is 37.3 Å². The Labute approximate surface area is 192 Å². The number of thiazole rings is 1. The number of benzene rings is 2. The molecule has 4 rings (SSSR count). The molecule has 0 aliphatic carbocycles. The van der Waals surface area contributed by atoms with Gasteiger partial charge in [-0.1, -0.05) is 30.3 Å². The molecule has 164 valence electrons. The number of methoxy groups -OCH3 is 3. The van der Waals surface area contributed by atoms with Gasteiger partial charge in [0.1, 0.15) is 0 Å². The molecule has 0 atom stereocenters. The third-order valence-corrected chi connectivity index (χ3v) is 5.90. The zero-order valence-corrected chi connectivity index (χ0v) is 19.2. The van der Waals surface area contributed by atoms with E-state index in [1.54, 1.807) is 30.3 Å². The molecule has 0 fully saturated rings. The minimum absolute atomic E-state index is 0.263. The third kappa shape index (κ3) is 4.02. The van der Waals surface area contributed by atoms with E-state index >= 15 is 0 Å². The molecule has 0 saturated heterocycles. The Hall–Kier alpha value is -3.49. The number of hydrogen-bond acceptors (Lipinski definition) is 6. The van der Waals surface area contributed by atoms with Crippen LogP contribution in [0.25, 0.3) is 29.0 Å². The molecule has 2 aromatic heterocycles. The van der Waals surface area contributed by atoms with Crippen LogP contribution in [-0.4, -0.2) is 36.1 Å². The molecule has 2 aromatic carbocycles. The highest BCUT2D eigenvalue weighted by Crippen LogP contribution is 2.38. The molecule has 1 N–H and O–H groups in total. The lowest BCUT2D eigenvalue weighted by atomic mass is 10.1. The maximum atomic E-state index is 13.1. The summed E-state index contributed by atoms with van der Waals surface area (Å²) in [5, 5.41) is 6.92. The number of rotatable bonds is 6. The normalized spacial score (nSPS) is 11.6. The van der Waals surface area contributed by atoms with E-state index in [0.717, 1.165) is 11.3 Å². The van der Waals surface area contributed by atoms with Crippen molar-refractivity contribution >= 4 is 35.6 Å². The lowest BCUT2D eigenvalue weighted by Crippen LogP contribution is -2.33. The van der Waals surface area contributed by atoms with Crippen LogP contribution in [0.5, 0.6) is 17.2 Å². The second-order valence-corrected chi connectivity index (χ2v) is 8.04. The van der Waals surface area contributed by atoms with Gasteiger partial charge < -0.3 is 14.2 Å². The lowest BCUT2D eigenvalue weighted by Gasteiger charge is -2.12. The van der Waals surface area contributed by atoms with E-state index in [9.17, 15) is 4.79 Å². The van der Waals surface area contributed by atoms with E-state index in [-0.39, 0.29) is 5.56 Å². The van der Waals surface area contributed by atoms with E-state index in [0.29, 0.717) is 43.5 Å². The standard InChI is InChI=1S/C23H20ClN3O4S/c1-13-17(9-14-10-19(29-2)21(31-4)20(11-14)30-3)22(28)27(26-13)23-25-18(12-32-23)15-5-7-16(24)8-6-15/h5-12,26H,1H2,2-4H3/b17-9-. The second-order valence-electron chi connectivity index (χ2n) is 6.77. The molecule has 0 aliphatic heterocycles. The van der Waals surface area contributed by atoms with Crippen LogP contribution in [-0.2, 0) is 0 Å². The van der Waals surface area contributed by atoms with Crippen LogP contribution < -0.4 is 30.3 Å². The highest BCUT2D eigenvalue weighted by molar-refractivity contribution is 7.12. The topological polar surface area (TPSA) is 78.4 Å². The van der Waals surface area contributed by atoms with Gasteiger partial charge in [0.15, 0.2) is 11.5 Å². The average molecular weight is 470 g/mol. The molecular formula is C23H20ClN3O4S. The number of halogens is 1. The molecule has 0 bridgehead atoms. The summed E-state index contributed by atoms with van der Waals surface area (Å²) in [6.07, 6.45) is 1.72. The Kier molecular flexibility index (Phi) is 6.07. The number of aromatic nitrogens is 3. The summed E-state index contributed by atoms with van der Waals surface area (Å²) < 4.78 is 17.5. The van der Waals surface area contributed by atoms with Crippen molar-refractivity contribution in [3.8, 4) is 33.6 Å². The van der Waals surface area contributed by atoms with Crippen LogP contribution in [0.2, 0.25) is 5.02 Å². The van der Waals surface area contributed by atoms with Crippen molar-refractivity contribution in [2.24, 2.45) is 0 Å². The quantitative estimate of drug-likeness (QED) is 0.469. The SMILES string of the molecule is C=c1[nH]n(-c2nc(-c3ccc(Cl)cc3)cs2)c(=O)/c1=C\c1cc(OC)c(OC)c(OC)c1. The van der Waals surface area contributed by atoms with Crippen molar-refractivity contribution in [3.05, 3.63) is 73.3 Å². The fourth-order valence-corrected chi connectivity index (χ4v) is 4.17. The largest absolute Gasteiger partial charge is 0.493 e. The van der Waals surface area contributed by atoms with E-state index in [1.807, 2.05) is 17.5 Å². The Balaban J connectivity index is 1.78. The fourth-order valence-electron chi connectivity index (χ4n) is 3.25. The van der Waals surface area contributed by atoms with Crippen LogP contribution in [0, 0.1) is 0 Å². The number of H-pyrrole nitrogens is 1. The number of nitrogens with one attached hydrogen (secondary N) is 1. The summed E-state index contributed by atoms with van der Waals surface area (Å²) in [7, 11) is 4.62. The van der Waals surface area contributed by atoms with Crippen LogP contribution in [0.15, 0.2) is 46.6 Å². The molecule has 0 saturated carbocycles. The van der Waals surface area contributed by atoms with E-state index in [2.05, 4.69) is 16.7 Å². The van der Waals surface area contributed by atoms with Crippen LogP contribution in [0.4, 0.5) is 0 Å². The Morgan fingerprint density at radius 2 is 1.75 bits per heavy atom. The summed E-state index contributed by atoms with van der Waals surface area (Å²) in [6, 6.07) is 10.9. The van der Waals surface area contributed by atoms with Gasteiger partial charge >= 0.3 is 0 Å². The lowest BCUT2D eigenvalue weighted by molar-refractivity contribution is 0.324. The summed E-state index contributed by atoms with van der Waals surface area (Å²) in [5.74, 6) is 1.46. The van der Waals surface area contributed by atoms with Crippen LogP contribution >= 0.6 is 22.9 Å². The first kappa shape index (κ1) is 21.7. The van der Waals surface area contributed by atoms with Crippen molar-refractivity contribution in [2.45, 2.75) is 0 Å². The summed E-state index contributed by atoms with van der Waals surface area (Å²) in [5.41, 5.74) is 2.11. The molecule has 2 heterocycles. The predicted molar refractivity (Wildman–Crippen MR) is 127 cm³/mol. The van der Waals surface area contributed by atoms with Crippen molar-refractivity contribution in [1.29, 1.82) is 0 Å². The van der Waals surface area contributed by atoms with Gasteiger partial charge in [0, 0.05) is 16.0 Å².